The minimum Gasteiger partial charge on any atom is -0.371 e. The summed E-state index contributed by atoms with van der Waals surface area (Å²) >= 11 is 1.76. The van der Waals surface area contributed by atoms with E-state index in [0.717, 1.165) is 13.2 Å². The maximum atomic E-state index is 5.52. The van der Waals surface area contributed by atoms with Crippen molar-refractivity contribution in [2.75, 3.05) is 0 Å². The predicted octanol–water partition coefficient (Wildman–Crippen LogP) is 1.24. The van der Waals surface area contributed by atoms with Crippen LogP contribution in [-0.4, -0.2) is 0 Å². The third-order valence-corrected chi connectivity index (χ3v) is 2.82. The first kappa shape index (κ1) is 6.34. The number of thiophene rings is 1. The highest BCUT2D eigenvalue weighted by Gasteiger charge is 2.15. The third-order valence-electron chi connectivity index (χ3n) is 1.77. The first-order valence-corrected chi connectivity index (χ1v) is 4.15. The molecule has 0 saturated carbocycles. The van der Waals surface area contributed by atoms with Gasteiger partial charge in [-0.25, -0.2) is 0 Å². The molecule has 10 heavy (non-hydrogen) atoms. The zero-order valence-electron chi connectivity index (χ0n) is 5.59. The minimum absolute atomic E-state index is 0.648. The maximum absolute atomic E-state index is 5.52. The molecule has 1 aromatic heterocycles. The van der Waals surface area contributed by atoms with Crippen molar-refractivity contribution >= 4 is 11.3 Å². The molecule has 2 N–H and O–H groups in total. The molecule has 0 atom stereocenters. The first-order chi connectivity index (χ1) is 4.92. The molecular formula is C7H9NOS. The van der Waals surface area contributed by atoms with E-state index >= 15 is 0 Å². The molecule has 0 saturated heterocycles. The molecule has 1 aliphatic heterocycles. The van der Waals surface area contributed by atoms with Gasteiger partial charge in [-0.05, 0) is 16.5 Å². The van der Waals surface area contributed by atoms with Gasteiger partial charge in [-0.1, -0.05) is 0 Å². The summed E-state index contributed by atoms with van der Waals surface area (Å²) in [7, 11) is 0. The first-order valence-electron chi connectivity index (χ1n) is 3.27. The molecule has 3 heteroatoms. The molecule has 0 bridgehead atoms. The Morgan fingerprint density at radius 1 is 1.60 bits per heavy atom. The second kappa shape index (κ2) is 2.34. The van der Waals surface area contributed by atoms with Crippen LogP contribution in [-0.2, 0) is 24.5 Å². The molecule has 0 amide bonds. The standard InChI is InChI=1S/C7H9NOS/c8-1-5-4-10-7-3-9-2-6(5)7/h4H,1-3,8H2. The van der Waals surface area contributed by atoms with E-state index in [0.29, 0.717) is 6.54 Å². The highest BCUT2D eigenvalue weighted by molar-refractivity contribution is 7.10. The molecule has 0 aromatic carbocycles. The summed E-state index contributed by atoms with van der Waals surface area (Å²) in [5, 5.41) is 2.13. The molecule has 0 aliphatic carbocycles. The third kappa shape index (κ3) is 0.785. The number of hydrogen-bond donors (Lipinski definition) is 1. The van der Waals surface area contributed by atoms with Crippen LogP contribution in [0.15, 0.2) is 5.38 Å². The molecule has 54 valence electrons. The second-order valence-corrected chi connectivity index (χ2v) is 3.32. The summed E-state index contributed by atoms with van der Waals surface area (Å²) in [4.78, 5) is 1.36. The molecule has 0 unspecified atom stereocenters. The zero-order valence-corrected chi connectivity index (χ0v) is 6.41. The lowest BCUT2D eigenvalue weighted by molar-refractivity contribution is 0.135. The van der Waals surface area contributed by atoms with E-state index in [1.165, 1.54) is 16.0 Å². The SMILES string of the molecule is NCc1csc2c1COC2. The van der Waals surface area contributed by atoms with Crippen LogP contribution in [0.3, 0.4) is 0 Å². The fraction of sp³-hybridized carbons (Fsp3) is 0.429. The molecule has 0 spiro atoms. The molecule has 1 aliphatic rings. The smallest absolute Gasteiger partial charge is 0.0817 e. The van der Waals surface area contributed by atoms with Crippen molar-refractivity contribution in [1.82, 2.24) is 0 Å². The van der Waals surface area contributed by atoms with Crippen molar-refractivity contribution in [2.45, 2.75) is 19.8 Å². The van der Waals surface area contributed by atoms with Gasteiger partial charge in [-0.3, -0.25) is 0 Å². The zero-order chi connectivity index (χ0) is 6.97. The van der Waals surface area contributed by atoms with Gasteiger partial charge in [0.2, 0.25) is 0 Å². The van der Waals surface area contributed by atoms with Gasteiger partial charge in [0.15, 0.2) is 0 Å². The topological polar surface area (TPSA) is 35.2 Å². The van der Waals surface area contributed by atoms with Crippen molar-refractivity contribution in [2.24, 2.45) is 5.73 Å². The van der Waals surface area contributed by atoms with E-state index in [1.807, 2.05) is 0 Å². The van der Waals surface area contributed by atoms with E-state index in [4.69, 9.17) is 10.5 Å². The van der Waals surface area contributed by atoms with E-state index < -0.39 is 0 Å². The number of hydrogen-bond acceptors (Lipinski definition) is 3. The van der Waals surface area contributed by atoms with Crippen LogP contribution in [0.4, 0.5) is 0 Å². The lowest BCUT2D eigenvalue weighted by Gasteiger charge is -1.92. The van der Waals surface area contributed by atoms with Crippen molar-refractivity contribution < 1.29 is 4.74 Å². The van der Waals surface area contributed by atoms with Gasteiger partial charge in [0, 0.05) is 11.4 Å². The molecule has 0 fully saturated rings. The average Bonchev–Trinajstić information content (AvgIpc) is 2.44. The molecule has 2 nitrogen and oxygen atoms in total. The summed E-state index contributed by atoms with van der Waals surface area (Å²) < 4.78 is 5.25. The van der Waals surface area contributed by atoms with Crippen LogP contribution in [0.1, 0.15) is 16.0 Å². The summed E-state index contributed by atoms with van der Waals surface area (Å²) in [5.41, 5.74) is 8.12. The van der Waals surface area contributed by atoms with Gasteiger partial charge in [0.25, 0.3) is 0 Å². The lowest BCUT2D eigenvalue weighted by atomic mass is 10.2. The monoisotopic (exact) mass is 155 g/mol. The number of rotatable bonds is 1. The number of ether oxygens (including phenoxy) is 1. The highest BCUT2D eigenvalue weighted by Crippen LogP contribution is 2.28. The van der Waals surface area contributed by atoms with Gasteiger partial charge < -0.3 is 10.5 Å². The Kier molecular flexibility index (Phi) is 1.48. The number of nitrogens with two attached hydrogens (primary N) is 1. The van der Waals surface area contributed by atoms with Gasteiger partial charge in [0.1, 0.15) is 0 Å². The predicted molar refractivity (Wildman–Crippen MR) is 40.7 cm³/mol. The summed E-state index contributed by atoms with van der Waals surface area (Å²) in [5.74, 6) is 0. The van der Waals surface area contributed by atoms with Crippen LogP contribution in [0.25, 0.3) is 0 Å². The average molecular weight is 155 g/mol. The van der Waals surface area contributed by atoms with Crippen LogP contribution in [0, 0.1) is 0 Å². The summed E-state index contributed by atoms with van der Waals surface area (Å²) in [6.45, 7) is 2.21. The summed E-state index contributed by atoms with van der Waals surface area (Å²) in [6.07, 6.45) is 0. The largest absolute Gasteiger partial charge is 0.371 e. The van der Waals surface area contributed by atoms with Crippen LogP contribution >= 0.6 is 11.3 Å². The van der Waals surface area contributed by atoms with Crippen LogP contribution in [0.5, 0.6) is 0 Å². The fourth-order valence-corrected chi connectivity index (χ4v) is 2.18. The van der Waals surface area contributed by atoms with Crippen LogP contribution in [0.2, 0.25) is 0 Å². The van der Waals surface area contributed by atoms with Crippen LogP contribution < -0.4 is 5.73 Å². The number of fused-ring (bicyclic) bond motifs is 1. The Hall–Kier alpha value is -0.380. The Labute approximate surface area is 63.6 Å². The molecule has 0 radical (unpaired) electrons. The van der Waals surface area contributed by atoms with Gasteiger partial charge in [-0.2, -0.15) is 0 Å². The van der Waals surface area contributed by atoms with Gasteiger partial charge in [0.05, 0.1) is 13.2 Å². The summed E-state index contributed by atoms with van der Waals surface area (Å²) in [6, 6.07) is 0. The van der Waals surface area contributed by atoms with Crippen molar-refractivity contribution in [3.63, 3.8) is 0 Å². The van der Waals surface area contributed by atoms with Crippen molar-refractivity contribution in [1.29, 1.82) is 0 Å². The Bertz CT molecular complexity index is 244. The Balaban J connectivity index is 2.44. The molecular weight excluding hydrogens is 146 g/mol. The van der Waals surface area contributed by atoms with E-state index in [-0.39, 0.29) is 0 Å². The van der Waals surface area contributed by atoms with Crippen molar-refractivity contribution in [3.05, 3.63) is 21.4 Å². The normalized spacial score (nSPS) is 15.7. The Morgan fingerprint density at radius 2 is 2.50 bits per heavy atom. The molecule has 1 aromatic rings. The Morgan fingerprint density at radius 3 is 3.30 bits per heavy atom. The van der Waals surface area contributed by atoms with E-state index in [2.05, 4.69) is 5.38 Å². The van der Waals surface area contributed by atoms with Gasteiger partial charge in [-0.15, -0.1) is 11.3 Å². The molecule has 2 heterocycles. The minimum atomic E-state index is 0.648. The van der Waals surface area contributed by atoms with E-state index in [9.17, 15) is 0 Å². The highest BCUT2D eigenvalue weighted by atomic mass is 32.1. The van der Waals surface area contributed by atoms with Crippen molar-refractivity contribution in [3.8, 4) is 0 Å². The van der Waals surface area contributed by atoms with Gasteiger partial charge >= 0.3 is 0 Å². The van der Waals surface area contributed by atoms with E-state index in [1.54, 1.807) is 11.3 Å². The lowest BCUT2D eigenvalue weighted by Crippen LogP contribution is -1.97. The quantitative estimate of drug-likeness (QED) is 0.662. The fourth-order valence-electron chi connectivity index (χ4n) is 1.18. The molecule has 2 rings (SSSR count). The second-order valence-electron chi connectivity index (χ2n) is 2.36. The maximum Gasteiger partial charge on any atom is 0.0817 e.